The van der Waals surface area contributed by atoms with Crippen LogP contribution in [0.3, 0.4) is 0 Å². The number of aromatic nitrogens is 1. The topological polar surface area (TPSA) is 73.7 Å². The summed E-state index contributed by atoms with van der Waals surface area (Å²) in [6.07, 6.45) is -0.330. The Balaban J connectivity index is 2.20. The van der Waals surface area contributed by atoms with E-state index in [1.165, 1.54) is 16.8 Å². The SMILES string of the molecule is O=C(O)c1ncsc1N1CC(O)C1. The average molecular weight is 200 g/mol. The van der Waals surface area contributed by atoms with Crippen molar-refractivity contribution in [1.29, 1.82) is 0 Å². The van der Waals surface area contributed by atoms with Crippen molar-refractivity contribution in [3.63, 3.8) is 0 Å². The number of hydrogen-bond donors (Lipinski definition) is 2. The van der Waals surface area contributed by atoms with Gasteiger partial charge < -0.3 is 15.1 Å². The van der Waals surface area contributed by atoms with Crippen LogP contribution in [0.15, 0.2) is 5.51 Å². The zero-order chi connectivity index (χ0) is 9.42. The lowest BCUT2D eigenvalue weighted by Crippen LogP contribution is -2.50. The number of carboxylic acids is 1. The highest BCUT2D eigenvalue weighted by Crippen LogP contribution is 2.28. The molecule has 0 bridgehead atoms. The van der Waals surface area contributed by atoms with Gasteiger partial charge in [0.05, 0.1) is 11.6 Å². The molecule has 1 aliphatic heterocycles. The highest BCUT2D eigenvalue weighted by Gasteiger charge is 2.29. The van der Waals surface area contributed by atoms with Crippen molar-refractivity contribution >= 4 is 22.3 Å². The summed E-state index contributed by atoms with van der Waals surface area (Å²) in [5, 5.41) is 18.4. The molecule has 0 saturated carbocycles. The van der Waals surface area contributed by atoms with Gasteiger partial charge in [0.1, 0.15) is 5.00 Å². The third kappa shape index (κ3) is 1.38. The summed E-state index contributed by atoms with van der Waals surface area (Å²) < 4.78 is 0. The molecule has 0 aromatic carbocycles. The van der Waals surface area contributed by atoms with E-state index in [1.807, 2.05) is 4.90 Å². The average Bonchev–Trinajstić information content (AvgIpc) is 2.45. The van der Waals surface area contributed by atoms with Crippen LogP contribution in [-0.2, 0) is 0 Å². The fraction of sp³-hybridized carbons (Fsp3) is 0.429. The predicted molar refractivity (Wildman–Crippen MR) is 47.3 cm³/mol. The second-order valence-corrected chi connectivity index (χ2v) is 3.70. The van der Waals surface area contributed by atoms with E-state index in [2.05, 4.69) is 4.98 Å². The van der Waals surface area contributed by atoms with Crippen LogP contribution < -0.4 is 4.90 Å². The monoisotopic (exact) mass is 200 g/mol. The van der Waals surface area contributed by atoms with Gasteiger partial charge >= 0.3 is 5.97 Å². The Labute approximate surface area is 78.3 Å². The molecule has 2 rings (SSSR count). The number of hydrogen-bond acceptors (Lipinski definition) is 5. The van der Waals surface area contributed by atoms with Crippen LogP contribution in [0.5, 0.6) is 0 Å². The number of aliphatic hydroxyl groups excluding tert-OH is 1. The maximum atomic E-state index is 10.7. The van der Waals surface area contributed by atoms with Gasteiger partial charge in [-0.2, -0.15) is 0 Å². The summed E-state index contributed by atoms with van der Waals surface area (Å²) in [4.78, 5) is 16.2. The van der Waals surface area contributed by atoms with E-state index in [0.717, 1.165) is 0 Å². The molecule has 13 heavy (non-hydrogen) atoms. The summed E-state index contributed by atoms with van der Waals surface area (Å²) in [5.74, 6) is -1.02. The Morgan fingerprint density at radius 3 is 2.92 bits per heavy atom. The van der Waals surface area contributed by atoms with Gasteiger partial charge in [-0.25, -0.2) is 9.78 Å². The minimum absolute atomic E-state index is 0.0805. The maximum absolute atomic E-state index is 10.7. The summed E-state index contributed by atoms with van der Waals surface area (Å²) >= 11 is 1.29. The molecule has 1 aromatic rings. The molecule has 1 aromatic heterocycles. The van der Waals surface area contributed by atoms with Crippen molar-refractivity contribution in [2.45, 2.75) is 6.10 Å². The normalized spacial score (nSPS) is 17.2. The van der Waals surface area contributed by atoms with Crippen LogP contribution in [0.2, 0.25) is 0 Å². The predicted octanol–water partition coefficient (Wildman–Crippen LogP) is 0.0222. The molecule has 0 radical (unpaired) electrons. The quantitative estimate of drug-likeness (QED) is 0.704. The Hall–Kier alpha value is -1.14. The second kappa shape index (κ2) is 2.97. The van der Waals surface area contributed by atoms with E-state index >= 15 is 0 Å². The second-order valence-electron chi connectivity index (χ2n) is 2.87. The fourth-order valence-electron chi connectivity index (χ4n) is 1.23. The number of thiazole rings is 1. The Bertz CT molecular complexity index is 332. The lowest BCUT2D eigenvalue weighted by molar-refractivity contribution is 0.0690. The van der Waals surface area contributed by atoms with Crippen LogP contribution in [-0.4, -0.2) is 40.4 Å². The van der Waals surface area contributed by atoms with E-state index in [9.17, 15) is 4.79 Å². The summed E-state index contributed by atoms with van der Waals surface area (Å²) in [6.45, 7) is 1.00. The molecular formula is C7H8N2O3S. The molecule has 1 fully saturated rings. The molecule has 6 heteroatoms. The molecule has 70 valence electrons. The molecule has 1 aliphatic rings. The molecule has 5 nitrogen and oxygen atoms in total. The molecule has 1 saturated heterocycles. The van der Waals surface area contributed by atoms with Gasteiger partial charge in [0.25, 0.3) is 0 Å². The van der Waals surface area contributed by atoms with Gasteiger partial charge in [-0.05, 0) is 0 Å². The third-order valence-electron chi connectivity index (χ3n) is 1.90. The number of β-amino-alcohol motifs (C(OH)–C–C–N with tert-alkyl or cyclic N) is 1. The smallest absolute Gasteiger partial charge is 0.357 e. The number of anilines is 1. The van der Waals surface area contributed by atoms with Gasteiger partial charge in [-0.3, -0.25) is 0 Å². The van der Waals surface area contributed by atoms with E-state index in [0.29, 0.717) is 18.1 Å². The van der Waals surface area contributed by atoms with Crippen LogP contribution in [0.4, 0.5) is 5.00 Å². The lowest BCUT2D eigenvalue weighted by atomic mass is 10.2. The first-order valence-electron chi connectivity index (χ1n) is 3.78. The van der Waals surface area contributed by atoms with Gasteiger partial charge in [-0.1, -0.05) is 0 Å². The first kappa shape index (κ1) is 8.46. The molecule has 0 atom stereocenters. The number of carboxylic acid groups (broad SMARTS) is 1. The summed E-state index contributed by atoms with van der Waals surface area (Å²) in [7, 11) is 0. The van der Waals surface area contributed by atoms with Gasteiger partial charge in [0.15, 0.2) is 5.69 Å². The van der Waals surface area contributed by atoms with Crippen molar-refractivity contribution in [2.24, 2.45) is 0 Å². The molecule has 2 heterocycles. The van der Waals surface area contributed by atoms with E-state index in [1.54, 1.807) is 0 Å². The minimum atomic E-state index is -1.02. The lowest BCUT2D eigenvalue weighted by Gasteiger charge is -2.36. The van der Waals surface area contributed by atoms with E-state index in [-0.39, 0.29) is 11.8 Å². The highest BCUT2D eigenvalue weighted by molar-refractivity contribution is 7.14. The zero-order valence-electron chi connectivity index (χ0n) is 6.67. The zero-order valence-corrected chi connectivity index (χ0v) is 7.49. The molecule has 0 aliphatic carbocycles. The van der Waals surface area contributed by atoms with Crippen molar-refractivity contribution in [3.8, 4) is 0 Å². The molecule has 0 amide bonds. The summed E-state index contributed by atoms with van der Waals surface area (Å²) in [6, 6.07) is 0. The minimum Gasteiger partial charge on any atom is -0.476 e. The number of nitrogens with zero attached hydrogens (tertiary/aromatic N) is 2. The van der Waals surface area contributed by atoms with Gasteiger partial charge in [0.2, 0.25) is 0 Å². The van der Waals surface area contributed by atoms with Crippen LogP contribution in [0, 0.1) is 0 Å². The number of aliphatic hydroxyl groups is 1. The first-order valence-corrected chi connectivity index (χ1v) is 4.66. The van der Waals surface area contributed by atoms with Crippen molar-refractivity contribution in [1.82, 2.24) is 4.98 Å². The van der Waals surface area contributed by atoms with Crippen molar-refractivity contribution < 1.29 is 15.0 Å². The van der Waals surface area contributed by atoms with Crippen LogP contribution in [0.25, 0.3) is 0 Å². The maximum Gasteiger partial charge on any atom is 0.357 e. The molecular weight excluding hydrogens is 192 g/mol. The fourth-order valence-corrected chi connectivity index (χ4v) is 2.04. The third-order valence-corrected chi connectivity index (χ3v) is 2.79. The van der Waals surface area contributed by atoms with Crippen molar-refractivity contribution in [3.05, 3.63) is 11.2 Å². The molecule has 2 N–H and O–H groups in total. The van der Waals surface area contributed by atoms with Crippen molar-refractivity contribution in [2.75, 3.05) is 18.0 Å². The van der Waals surface area contributed by atoms with E-state index in [4.69, 9.17) is 10.2 Å². The highest BCUT2D eigenvalue weighted by atomic mass is 32.1. The standard InChI is InChI=1S/C7H8N2O3S/c10-4-1-9(2-4)6-5(7(11)12)8-3-13-6/h3-4,10H,1-2H2,(H,11,12). The largest absolute Gasteiger partial charge is 0.476 e. The number of aromatic carboxylic acids is 1. The number of rotatable bonds is 2. The Morgan fingerprint density at radius 2 is 2.38 bits per heavy atom. The van der Waals surface area contributed by atoms with Gasteiger partial charge in [0, 0.05) is 13.1 Å². The Morgan fingerprint density at radius 1 is 1.69 bits per heavy atom. The molecule has 0 spiro atoms. The van der Waals surface area contributed by atoms with E-state index < -0.39 is 5.97 Å². The molecule has 0 unspecified atom stereocenters. The van der Waals surface area contributed by atoms with Crippen LogP contribution >= 0.6 is 11.3 Å². The first-order chi connectivity index (χ1) is 6.18. The van der Waals surface area contributed by atoms with Crippen LogP contribution in [0.1, 0.15) is 10.5 Å². The summed E-state index contributed by atoms with van der Waals surface area (Å²) in [5.41, 5.74) is 1.58. The number of carbonyl (C=O) groups is 1. The Kier molecular flexibility index (Phi) is 1.93. The van der Waals surface area contributed by atoms with Gasteiger partial charge in [-0.15, -0.1) is 11.3 Å².